The number of rotatable bonds is 8. The van der Waals surface area contributed by atoms with Gasteiger partial charge in [0, 0.05) is 11.4 Å². The number of benzene rings is 3. The maximum Gasteiger partial charge on any atom is 0.255 e. The first kappa shape index (κ1) is 24.1. The number of anilines is 2. The van der Waals surface area contributed by atoms with E-state index < -0.39 is 6.04 Å². The maximum atomic E-state index is 13.7. The predicted molar refractivity (Wildman–Crippen MR) is 143 cm³/mol. The van der Waals surface area contributed by atoms with Crippen LogP contribution in [0, 0.1) is 6.92 Å². The number of aryl methyl sites for hydroxylation is 1. The normalized spacial score (nSPS) is 14.5. The van der Waals surface area contributed by atoms with Gasteiger partial charge in [0.2, 0.25) is 5.95 Å². The van der Waals surface area contributed by atoms with E-state index in [2.05, 4.69) is 20.7 Å². The standard InChI is InChI=1S/C29H29N5O3/c1-4-36-25-16-22(14-15-24(25)37-17-21-11-6-5-7-12-21)27-26(20(3)32-29-30-18-31-34(27)29)28(35)33-23-13-9-8-10-19(23)2/h5-16,18,27H,4,17H2,1-3H3,(H,33,35)(H,30,31,32)/t27-/m1/s1. The molecule has 0 aliphatic carbocycles. The summed E-state index contributed by atoms with van der Waals surface area (Å²) >= 11 is 0. The van der Waals surface area contributed by atoms with Gasteiger partial charge in [0.1, 0.15) is 19.0 Å². The molecule has 8 heteroatoms. The van der Waals surface area contributed by atoms with Crippen molar-refractivity contribution >= 4 is 17.5 Å². The van der Waals surface area contributed by atoms with E-state index >= 15 is 0 Å². The minimum Gasteiger partial charge on any atom is -0.490 e. The van der Waals surface area contributed by atoms with Crippen LogP contribution >= 0.6 is 0 Å². The molecule has 2 N–H and O–H groups in total. The van der Waals surface area contributed by atoms with Crippen LogP contribution in [0.5, 0.6) is 11.5 Å². The molecule has 0 radical (unpaired) electrons. The van der Waals surface area contributed by atoms with E-state index in [9.17, 15) is 4.79 Å². The fourth-order valence-electron chi connectivity index (χ4n) is 4.41. The van der Waals surface area contributed by atoms with Gasteiger partial charge in [-0.2, -0.15) is 10.1 Å². The number of nitrogens with zero attached hydrogens (tertiary/aromatic N) is 3. The van der Waals surface area contributed by atoms with Crippen molar-refractivity contribution in [3.05, 3.63) is 107 Å². The molecule has 2 heterocycles. The molecule has 188 valence electrons. The number of para-hydroxylation sites is 1. The molecule has 0 saturated carbocycles. The fraction of sp³-hybridized carbons (Fsp3) is 0.207. The Kier molecular flexibility index (Phi) is 6.89. The van der Waals surface area contributed by atoms with Gasteiger partial charge in [-0.05, 0) is 55.7 Å². The van der Waals surface area contributed by atoms with Crippen molar-refractivity contribution in [1.29, 1.82) is 0 Å². The zero-order chi connectivity index (χ0) is 25.8. The van der Waals surface area contributed by atoms with Gasteiger partial charge in [-0.3, -0.25) is 4.79 Å². The van der Waals surface area contributed by atoms with Crippen molar-refractivity contribution in [2.45, 2.75) is 33.4 Å². The molecule has 0 spiro atoms. The van der Waals surface area contributed by atoms with Gasteiger partial charge in [-0.25, -0.2) is 4.68 Å². The Labute approximate surface area is 216 Å². The van der Waals surface area contributed by atoms with Gasteiger partial charge < -0.3 is 20.1 Å². The first-order chi connectivity index (χ1) is 18.0. The molecule has 1 amide bonds. The van der Waals surface area contributed by atoms with E-state index in [-0.39, 0.29) is 5.91 Å². The Hall–Kier alpha value is -4.59. The highest BCUT2D eigenvalue weighted by atomic mass is 16.5. The lowest BCUT2D eigenvalue weighted by atomic mass is 9.94. The molecule has 3 aromatic carbocycles. The molecule has 0 unspecified atom stereocenters. The van der Waals surface area contributed by atoms with Crippen molar-refractivity contribution in [3.8, 4) is 11.5 Å². The van der Waals surface area contributed by atoms with Crippen molar-refractivity contribution < 1.29 is 14.3 Å². The third-order valence-corrected chi connectivity index (χ3v) is 6.25. The molecule has 0 fully saturated rings. The van der Waals surface area contributed by atoms with Gasteiger partial charge in [0.05, 0.1) is 12.2 Å². The SMILES string of the molecule is CCOc1cc([C@@H]2C(C(=O)Nc3ccccc3C)=C(C)Nc3ncnn32)ccc1OCc1ccccc1. The second-order valence-corrected chi connectivity index (χ2v) is 8.78. The number of ether oxygens (including phenoxy) is 2. The first-order valence-electron chi connectivity index (χ1n) is 12.2. The number of allylic oxidation sites excluding steroid dienone is 1. The highest BCUT2D eigenvalue weighted by Crippen LogP contribution is 2.39. The Balaban J connectivity index is 1.50. The zero-order valence-corrected chi connectivity index (χ0v) is 21.1. The third-order valence-electron chi connectivity index (χ3n) is 6.25. The second-order valence-electron chi connectivity index (χ2n) is 8.78. The molecule has 1 aliphatic rings. The number of nitrogens with one attached hydrogen (secondary N) is 2. The van der Waals surface area contributed by atoms with E-state index in [1.54, 1.807) is 4.68 Å². The summed E-state index contributed by atoms with van der Waals surface area (Å²) in [6, 6.07) is 22.9. The fourth-order valence-corrected chi connectivity index (χ4v) is 4.41. The lowest BCUT2D eigenvalue weighted by molar-refractivity contribution is -0.113. The maximum absolute atomic E-state index is 13.7. The van der Waals surface area contributed by atoms with Crippen LogP contribution in [0.15, 0.2) is 90.4 Å². The average Bonchev–Trinajstić information content (AvgIpc) is 3.37. The summed E-state index contributed by atoms with van der Waals surface area (Å²) in [7, 11) is 0. The van der Waals surface area contributed by atoms with E-state index in [0.717, 1.165) is 22.4 Å². The van der Waals surface area contributed by atoms with Gasteiger partial charge in [0.25, 0.3) is 5.91 Å². The first-order valence-corrected chi connectivity index (χ1v) is 12.2. The van der Waals surface area contributed by atoms with Crippen molar-refractivity contribution in [2.24, 2.45) is 0 Å². The molecular weight excluding hydrogens is 466 g/mol. The molecule has 8 nitrogen and oxygen atoms in total. The van der Waals surface area contributed by atoms with E-state index in [1.807, 2.05) is 93.6 Å². The topological polar surface area (TPSA) is 90.3 Å². The van der Waals surface area contributed by atoms with Crippen LogP contribution in [0.2, 0.25) is 0 Å². The van der Waals surface area contributed by atoms with Crippen molar-refractivity contribution in [2.75, 3.05) is 17.2 Å². The van der Waals surface area contributed by atoms with E-state index in [4.69, 9.17) is 9.47 Å². The molecule has 1 aliphatic heterocycles. The van der Waals surface area contributed by atoms with Crippen LogP contribution in [-0.2, 0) is 11.4 Å². The van der Waals surface area contributed by atoms with Gasteiger partial charge in [-0.15, -0.1) is 0 Å². The predicted octanol–water partition coefficient (Wildman–Crippen LogP) is 5.49. The quantitative estimate of drug-likeness (QED) is 0.336. The number of carbonyl (C=O) groups excluding carboxylic acids is 1. The van der Waals surface area contributed by atoms with Crippen LogP contribution in [0.25, 0.3) is 0 Å². The summed E-state index contributed by atoms with van der Waals surface area (Å²) in [5.41, 5.74) is 4.89. The van der Waals surface area contributed by atoms with Gasteiger partial charge >= 0.3 is 0 Å². The minimum atomic E-state index is -0.509. The van der Waals surface area contributed by atoms with Crippen LogP contribution < -0.4 is 20.1 Å². The summed E-state index contributed by atoms with van der Waals surface area (Å²) in [6.45, 7) is 6.66. The Morgan fingerprint density at radius 2 is 1.78 bits per heavy atom. The number of hydrogen-bond acceptors (Lipinski definition) is 6. The number of amides is 1. The summed E-state index contributed by atoms with van der Waals surface area (Å²) in [4.78, 5) is 18.0. The van der Waals surface area contributed by atoms with Crippen LogP contribution in [0.1, 0.15) is 36.6 Å². The number of hydrogen-bond donors (Lipinski definition) is 2. The molecule has 1 atom stereocenters. The lowest BCUT2D eigenvalue weighted by Crippen LogP contribution is -2.31. The highest BCUT2D eigenvalue weighted by molar-refractivity contribution is 6.06. The van der Waals surface area contributed by atoms with E-state index in [0.29, 0.717) is 41.9 Å². The highest BCUT2D eigenvalue weighted by Gasteiger charge is 2.34. The second kappa shape index (κ2) is 10.6. The molecule has 0 saturated heterocycles. The molecule has 5 rings (SSSR count). The van der Waals surface area contributed by atoms with Crippen LogP contribution in [0.3, 0.4) is 0 Å². The largest absolute Gasteiger partial charge is 0.490 e. The Morgan fingerprint density at radius 3 is 2.57 bits per heavy atom. The monoisotopic (exact) mass is 495 g/mol. The molecular formula is C29H29N5O3. The molecule has 0 bridgehead atoms. The molecule has 1 aromatic heterocycles. The summed E-state index contributed by atoms with van der Waals surface area (Å²) in [5, 5.41) is 10.7. The Bertz CT molecular complexity index is 1440. The molecule has 4 aromatic rings. The van der Waals surface area contributed by atoms with Crippen molar-refractivity contribution in [3.63, 3.8) is 0 Å². The Morgan fingerprint density at radius 1 is 1.00 bits per heavy atom. The minimum absolute atomic E-state index is 0.215. The summed E-state index contributed by atoms with van der Waals surface area (Å²) in [5.74, 6) is 1.59. The van der Waals surface area contributed by atoms with Gasteiger partial charge in [-0.1, -0.05) is 54.6 Å². The molecule has 37 heavy (non-hydrogen) atoms. The lowest BCUT2D eigenvalue weighted by Gasteiger charge is -2.29. The van der Waals surface area contributed by atoms with E-state index in [1.165, 1.54) is 6.33 Å². The number of carbonyl (C=O) groups is 1. The van der Waals surface area contributed by atoms with Crippen molar-refractivity contribution in [1.82, 2.24) is 14.8 Å². The number of fused-ring (bicyclic) bond motifs is 1. The average molecular weight is 496 g/mol. The van der Waals surface area contributed by atoms with Gasteiger partial charge in [0.15, 0.2) is 11.5 Å². The zero-order valence-electron chi connectivity index (χ0n) is 21.1. The summed E-state index contributed by atoms with van der Waals surface area (Å²) < 4.78 is 13.8. The number of aromatic nitrogens is 3. The summed E-state index contributed by atoms with van der Waals surface area (Å²) in [6.07, 6.45) is 1.48. The van der Waals surface area contributed by atoms with Crippen LogP contribution in [-0.4, -0.2) is 27.3 Å². The third kappa shape index (κ3) is 5.04. The van der Waals surface area contributed by atoms with Crippen LogP contribution in [0.4, 0.5) is 11.6 Å². The smallest absolute Gasteiger partial charge is 0.255 e.